The lowest BCUT2D eigenvalue weighted by Crippen LogP contribution is -2.42. The van der Waals surface area contributed by atoms with Gasteiger partial charge < -0.3 is 10.6 Å². The normalized spacial score (nSPS) is 15.3. The van der Waals surface area contributed by atoms with Crippen LogP contribution in [-0.2, 0) is 6.42 Å². The number of aromatic nitrogens is 1. The molecule has 4 nitrogen and oxygen atoms in total. The van der Waals surface area contributed by atoms with Crippen molar-refractivity contribution in [2.24, 2.45) is 4.99 Å². The van der Waals surface area contributed by atoms with Crippen LogP contribution < -0.4 is 10.6 Å². The molecule has 0 unspecified atom stereocenters. The Morgan fingerprint density at radius 1 is 1.22 bits per heavy atom. The molecule has 0 saturated carbocycles. The molecular weight excluding hydrogens is 284 g/mol. The van der Waals surface area contributed by atoms with Crippen LogP contribution in [0.25, 0.3) is 10.9 Å². The second-order valence-electron chi connectivity index (χ2n) is 5.79. The van der Waals surface area contributed by atoms with Crippen molar-refractivity contribution >= 4 is 16.9 Å². The maximum atomic E-state index is 4.72. The first kappa shape index (κ1) is 15.5. The Labute approximate surface area is 137 Å². The molecule has 2 N–H and O–H groups in total. The lowest BCUT2D eigenvalue weighted by atomic mass is 10.1. The number of aliphatic imine (C=N–C) groups is 1. The van der Waals surface area contributed by atoms with Crippen LogP contribution in [0.5, 0.6) is 0 Å². The van der Waals surface area contributed by atoms with Crippen molar-refractivity contribution in [2.75, 3.05) is 13.1 Å². The number of rotatable bonds is 5. The Hall–Kier alpha value is -2.36. The Bertz CT molecular complexity index is 692. The summed E-state index contributed by atoms with van der Waals surface area (Å²) in [7, 11) is 0. The summed E-state index contributed by atoms with van der Waals surface area (Å²) >= 11 is 0. The summed E-state index contributed by atoms with van der Waals surface area (Å²) < 4.78 is 0. The van der Waals surface area contributed by atoms with Crippen LogP contribution in [0.1, 0.15) is 25.3 Å². The van der Waals surface area contributed by atoms with Gasteiger partial charge in [-0.3, -0.25) is 9.98 Å². The van der Waals surface area contributed by atoms with Gasteiger partial charge in [-0.15, -0.1) is 0 Å². The van der Waals surface area contributed by atoms with E-state index in [1.165, 1.54) is 10.9 Å². The van der Waals surface area contributed by atoms with Crippen LogP contribution in [0.15, 0.2) is 53.7 Å². The molecule has 0 fully saturated rings. The molecule has 4 heteroatoms. The van der Waals surface area contributed by atoms with Crippen LogP contribution in [-0.4, -0.2) is 30.1 Å². The van der Waals surface area contributed by atoms with Gasteiger partial charge in [0.25, 0.3) is 0 Å². The summed E-state index contributed by atoms with van der Waals surface area (Å²) in [5.74, 6) is 0.911. The van der Waals surface area contributed by atoms with Gasteiger partial charge in [0.2, 0.25) is 0 Å². The Kier molecular flexibility index (Phi) is 5.25. The molecule has 1 aliphatic carbocycles. The van der Waals surface area contributed by atoms with Crippen LogP contribution in [0.2, 0.25) is 0 Å². The number of nitrogens with one attached hydrogen (secondary N) is 2. The van der Waals surface area contributed by atoms with E-state index in [4.69, 9.17) is 4.99 Å². The third kappa shape index (κ3) is 4.09. The van der Waals surface area contributed by atoms with Gasteiger partial charge in [0, 0.05) is 30.7 Å². The highest BCUT2D eigenvalue weighted by molar-refractivity contribution is 5.82. The number of hydrogen-bond donors (Lipinski definition) is 2. The average Bonchev–Trinajstić information content (AvgIpc) is 3.08. The van der Waals surface area contributed by atoms with Crippen molar-refractivity contribution in [3.05, 3.63) is 54.2 Å². The molecule has 0 radical (unpaired) electrons. The molecule has 1 aromatic carbocycles. The minimum Gasteiger partial charge on any atom is -0.357 e. The molecule has 120 valence electrons. The first-order valence-electron chi connectivity index (χ1n) is 8.39. The molecule has 0 spiro atoms. The SMILES string of the molecule is CCNC(=NCCc1cccc2cccnc12)NC1CC=CC1. The second-order valence-corrected chi connectivity index (χ2v) is 5.79. The van der Waals surface area contributed by atoms with Crippen molar-refractivity contribution in [2.45, 2.75) is 32.2 Å². The van der Waals surface area contributed by atoms with Gasteiger partial charge in [-0.2, -0.15) is 0 Å². The van der Waals surface area contributed by atoms with E-state index in [9.17, 15) is 0 Å². The van der Waals surface area contributed by atoms with Crippen LogP contribution >= 0.6 is 0 Å². The summed E-state index contributed by atoms with van der Waals surface area (Å²) in [4.78, 5) is 9.23. The summed E-state index contributed by atoms with van der Waals surface area (Å²) in [6.45, 7) is 3.73. The number of para-hydroxylation sites is 1. The van der Waals surface area contributed by atoms with E-state index in [0.29, 0.717) is 6.04 Å². The van der Waals surface area contributed by atoms with E-state index in [1.54, 1.807) is 0 Å². The van der Waals surface area contributed by atoms with E-state index in [1.807, 2.05) is 12.3 Å². The number of hydrogen-bond acceptors (Lipinski definition) is 2. The molecule has 3 rings (SSSR count). The molecule has 0 atom stereocenters. The zero-order chi connectivity index (χ0) is 15.9. The first-order chi connectivity index (χ1) is 11.4. The fraction of sp³-hybridized carbons (Fsp3) is 0.368. The van der Waals surface area contributed by atoms with Crippen LogP contribution in [0.4, 0.5) is 0 Å². The zero-order valence-corrected chi connectivity index (χ0v) is 13.6. The van der Waals surface area contributed by atoms with Gasteiger partial charge in [-0.05, 0) is 37.8 Å². The minimum absolute atomic E-state index is 0.479. The highest BCUT2D eigenvalue weighted by atomic mass is 15.2. The predicted octanol–water partition coefficient (Wildman–Crippen LogP) is 3.05. The van der Waals surface area contributed by atoms with E-state index >= 15 is 0 Å². The lowest BCUT2D eigenvalue weighted by Gasteiger charge is -2.16. The Morgan fingerprint density at radius 2 is 2.04 bits per heavy atom. The van der Waals surface area contributed by atoms with Crippen molar-refractivity contribution in [3.63, 3.8) is 0 Å². The molecule has 0 aliphatic heterocycles. The molecule has 1 aromatic heterocycles. The van der Waals surface area contributed by atoms with E-state index in [0.717, 1.165) is 43.8 Å². The number of guanidine groups is 1. The van der Waals surface area contributed by atoms with Gasteiger partial charge >= 0.3 is 0 Å². The molecular formula is C19H24N4. The minimum atomic E-state index is 0.479. The van der Waals surface area contributed by atoms with Gasteiger partial charge in [-0.1, -0.05) is 36.4 Å². The quantitative estimate of drug-likeness (QED) is 0.507. The first-order valence-corrected chi connectivity index (χ1v) is 8.39. The highest BCUT2D eigenvalue weighted by Crippen LogP contribution is 2.16. The second kappa shape index (κ2) is 7.77. The third-order valence-corrected chi connectivity index (χ3v) is 4.06. The van der Waals surface area contributed by atoms with E-state index in [2.05, 4.69) is 59.0 Å². The summed E-state index contributed by atoms with van der Waals surface area (Å²) in [5.41, 5.74) is 2.34. The molecule has 0 bridgehead atoms. The maximum Gasteiger partial charge on any atom is 0.191 e. The molecule has 2 aromatic rings. The maximum absolute atomic E-state index is 4.72. The topological polar surface area (TPSA) is 49.3 Å². The summed E-state index contributed by atoms with van der Waals surface area (Å²) in [6.07, 6.45) is 9.36. The van der Waals surface area contributed by atoms with Gasteiger partial charge in [0.1, 0.15) is 0 Å². The monoisotopic (exact) mass is 308 g/mol. The smallest absolute Gasteiger partial charge is 0.191 e. The number of pyridine rings is 1. The lowest BCUT2D eigenvalue weighted by molar-refractivity contribution is 0.633. The Morgan fingerprint density at radius 3 is 2.87 bits per heavy atom. The van der Waals surface area contributed by atoms with Crippen LogP contribution in [0.3, 0.4) is 0 Å². The number of nitrogens with zero attached hydrogens (tertiary/aromatic N) is 2. The Balaban J connectivity index is 1.64. The van der Waals surface area contributed by atoms with Crippen molar-refractivity contribution < 1.29 is 0 Å². The molecule has 1 aliphatic rings. The summed E-state index contributed by atoms with van der Waals surface area (Å²) in [5, 5.41) is 8.02. The highest BCUT2D eigenvalue weighted by Gasteiger charge is 2.11. The van der Waals surface area contributed by atoms with Crippen molar-refractivity contribution in [1.29, 1.82) is 0 Å². The number of fused-ring (bicyclic) bond motifs is 1. The molecule has 0 amide bonds. The van der Waals surface area contributed by atoms with Gasteiger partial charge in [0.05, 0.1) is 5.52 Å². The summed E-state index contributed by atoms with van der Waals surface area (Å²) in [6, 6.07) is 10.9. The fourth-order valence-corrected chi connectivity index (χ4v) is 2.91. The average molecular weight is 308 g/mol. The molecule has 0 saturated heterocycles. The predicted molar refractivity (Wildman–Crippen MR) is 96.7 cm³/mol. The van der Waals surface area contributed by atoms with Crippen molar-refractivity contribution in [1.82, 2.24) is 15.6 Å². The zero-order valence-electron chi connectivity index (χ0n) is 13.6. The van der Waals surface area contributed by atoms with Crippen LogP contribution in [0, 0.1) is 0 Å². The largest absolute Gasteiger partial charge is 0.357 e. The van der Waals surface area contributed by atoms with Gasteiger partial charge in [0.15, 0.2) is 5.96 Å². The standard InChI is InChI=1S/C19H24N4/c1-2-20-19(23-17-10-3-4-11-17)22-14-12-16-8-5-7-15-9-6-13-21-18(15)16/h3-9,13,17H,2,10-12,14H2,1H3,(H2,20,22,23). The van der Waals surface area contributed by atoms with E-state index < -0.39 is 0 Å². The third-order valence-electron chi connectivity index (χ3n) is 4.06. The number of benzene rings is 1. The van der Waals surface area contributed by atoms with Crippen molar-refractivity contribution in [3.8, 4) is 0 Å². The molecule has 1 heterocycles. The van der Waals surface area contributed by atoms with Gasteiger partial charge in [-0.25, -0.2) is 0 Å². The van der Waals surface area contributed by atoms with E-state index in [-0.39, 0.29) is 0 Å². The fourth-order valence-electron chi connectivity index (χ4n) is 2.91. The molecule has 23 heavy (non-hydrogen) atoms.